The minimum Gasteiger partial charge on any atom is -0.417 e. The van der Waals surface area contributed by atoms with E-state index in [1.54, 1.807) is 5.56 Å². The Balaban J connectivity index is 3.67. The van der Waals surface area contributed by atoms with Gasteiger partial charge in [-0.25, -0.2) is 0 Å². The van der Waals surface area contributed by atoms with E-state index < -0.39 is 55.9 Å². The topological polar surface area (TPSA) is 20.2 Å². The molecule has 0 spiro atoms. The van der Waals surface area contributed by atoms with Crippen molar-refractivity contribution in [2.45, 2.75) is 193 Å². The van der Waals surface area contributed by atoms with Crippen molar-refractivity contribution in [3.8, 4) is 0 Å². The van der Waals surface area contributed by atoms with Crippen LogP contribution >= 0.6 is 12.1 Å². The molecule has 2 aromatic carbocycles. The highest BCUT2D eigenvalue weighted by Crippen LogP contribution is 2.45. The molecule has 1 nitrogen and oxygen atoms in total. The summed E-state index contributed by atoms with van der Waals surface area (Å²) in [4.78, 5) is 14.1. The van der Waals surface area contributed by atoms with E-state index in [-0.39, 0.29) is 0 Å². The number of hydrogen-bond acceptors (Lipinski definition) is 2. The highest BCUT2D eigenvalue weighted by molar-refractivity contribution is 8.16. The van der Waals surface area contributed by atoms with Gasteiger partial charge in [0.05, 0.1) is 0 Å². The monoisotopic (exact) mass is 832 g/mol. The zero-order valence-electron chi connectivity index (χ0n) is 38.2. The van der Waals surface area contributed by atoms with E-state index in [1.807, 2.05) is 0 Å². The smallest absolute Gasteiger partial charge is 0.315 e. The first kappa shape index (κ1) is 47.4. The molecular weight excluding hydrogens is 749 g/mol. The molecule has 2 rings (SSSR count). The molecule has 0 aromatic heterocycles. The first-order valence-corrected chi connectivity index (χ1v) is 44.9. The average molecular weight is 834 g/mol. The minimum absolute atomic E-state index is 0.297. The summed E-state index contributed by atoms with van der Waals surface area (Å²) < 4.78 is 0. The van der Waals surface area contributed by atoms with Crippen LogP contribution in [0.5, 0.6) is 0 Å². The van der Waals surface area contributed by atoms with Crippen molar-refractivity contribution in [1.29, 1.82) is 0 Å². The Hall–Kier alpha value is 0.268. The van der Waals surface area contributed by atoms with Crippen molar-refractivity contribution in [3.05, 3.63) is 57.6 Å². The summed E-state index contributed by atoms with van der Waals surface area (Å²) in [5.74, 6) is 1.03. The lowest BCUT2D eigenvalue weighted by Crippen LogP contribution is -2.63. The standard InChI is InChI=1S/C42H84OSSi7/c1-29(2)32-25-34(30(3)4)38(35(26-32)31(5)6)51(43,44)39-36(41(47(13,14)15)48(16,17)18)27-33(40(45(7,8)9)46(10,11)12)28-37(39)42(49(19,20)21)50(22,23)24/h25-31,40-44H,1-24H3. The zero-order valence-corrected chi connectivity index (χ0v) is 46.1. The summed E-state index contributed by atoms with van der Waals surface area (Å²) in [5.41, 5.74) is 8.72. The van der Waals surface area contributed by atoms with Crippen molar-refractivity contribution >= 4 is 78.4 Å². The molecule has 0 aliphatic carbocycles. The van der Waals surface area contributed by atoms with Gasteiger partial charge in [-0.15, -0.1) is 0 Å². The Bertz CT molecular complexity index is 1400. The van der Waals surface area contributed by atoms with Crippen LogP contribution in [0.2, 0.25) is 118 Å². The van der Waals surface area contributed by atoms with E-state index in [9.17, 15) is 4.80 Å². The second kappa shape index (κ2) is 15.7. The van der Waals surface area contributed by atoms with Gasteiger partial charge in [-0.3, -0.25) is 0 Å². The first-order chi connectivity index (χ1) is 22.4. The molecule has 1 unspecified atom stereocenters. The van der Waals surface area contributed by atoms with E-state index in [2.05, 4.69) is 184 Å². The predicted octanol–water partition coefficient (Wildman–Crippen LogP) is 13.1. The quantitative estimate of drug-likeness (QED) is 0.144. The van der Waals surface area contributed by atoms with Gasteiger partial charge in [0.2, 0.25) is 0 Å². The number of benzene rings is 2. The molecule has 9 heteroatoms. The van der Waals surface area contributed by atoms with Crippen LogP contribution in [0.4, 0.5) is 0 Å². The van der Waals surface area contributed by atoms with E-state index in [0.717, 1.165) is 0 Å². The third-order valence-electron chi connectivity index (χ3n) is 11.2. The van der Waals surface area contributed by atoms with Crippen molar-refractivity contribution < 1.29 is 4.80 Å². The lowest BCUT2D eigenvalue weighted by atomic mass is 9.89. The van der Waals surface area contributed by atoms with Crippen molar-refractivity contribution in [1.82, 2.24) is 0 Å². The van der Waals surface area contributed by atoms with Gasteiger partial charge >= 0.3 is 7.47 Å². The van der Waals surface area contributed by atoms with Gasteiger partial charge < -0.3 is 4.80 Å². The minimum atomic E-state index is -3.60. The van der Waals surface area contributed by atoms with Crippen LogP contribution in [0.1, 0.15) is 108 Å². The van der Waals surface area contributed by atoms with Crippen LogP contribution in [0.25, 0.3) is 0 Å². The van der Waals surface area contributed by atoms with Gasteiger partial charge in [0.15, 0.2) is 0 Å². The van der Waals surface area contributed by atoms with E-state index in [4.69, 9.17) is 12.1 Å². The second-order valence-corrected chi connectivity index (χ2v) is 61.7. The van der Waals surface area contributed by atoms with Crippen molar-refractivity contribution in [2.24, 2.45) is 0 Å². The molecule has 0 amide bonds. The van der Waals surface area contributed by atoms with Gasteiger partial charge in [-0.2, -0.15) is 12.1 Å². The molecule has 0 radical (unpaired) electrons. The Morgan fingerprint density at radius 1 is 0.373 bits per heavy atom. The van der Waals surface area contributed by atoms with Crippen LogP contribution in [0, 0.1) is 0 Å². The highest BCUT2D eigenvalue weighted by atomic mass is 32.3. The maximum absolute atomic E-state index is 14.1. The van der Waals surface area contributed by atoms with E-state index >= 15 is 0 Å². The van der Waals surface area contributed by atoms with E-state index in [1.165, 1.54) is 38.2 Å². The SMILES string of the molecule is CC(C)c1cc(C(C)C)c([Si](O)(S)c2c(C([Si](C)(C)C)[Si](C)(C)C)cc(C([Si](C)(C)C)[Si](C)(C)C)cc2C([Si](C)(C)C)[Si](C)(C)C)c(C(C)C)c1. The molecule has 0 aliphatic rings. The molecule has 0 saturated heterocycles. The first-order valence-electron chi connectivity index (χ1n) is 20.2. The van der Waals surface area contributed by atoms with Crippen LogP contribution in [-0.4, -0.2) is 60.7 Å². The maximum Gasteiger partial charge on any atom is 0.315 e. The fourth-order valence-electron chi connectivity index (χ4n) is 11.0. The molecule has 1 atom stereocenters. The van der Waals surface area contributed by atoms with Crippen LogP contribution in [0.3, 0.4) is 0 Å². The fourth-order valence-corrected chi connectivity index (χ4v) is 54.3. The predicted molar refractivity (Wildman–Crippen MR) is 260 cm³/mol. The molecule has 0 bridgehead atoms. The van der Waals surface area contributed by atoms with Gasteiger partial charge in [0, 0.05) is 48.4 Å². The Kier molecular flexibility index (Phi) is 14.6. The van der Waals surface area contributed by atoms with Gasteiger partial charge in [-0.05, 0) is 77.0 Å². The Labute approximate surface area is 331 Å². The Morgan fingerprint density at radius 3 is 0.824 bits per heavy atom. The molecule has 0 fully saturated rings. The van der Waals surface area contributed by atoms with Crippen LogP contribution < -0.4 is 10.4 Å². The molecule has 0 aliphatic heterocycles. The third kappa shape index (κ3) is 10.8. The molecular formula is C42H84OSSi7. The molecule has 1 N–H and O–H groups in total. The normalized spacial score (nSPS) is 15.7. The number of rotatable bonds is 14. The summed E-state index contributed by atoms with van der Waals surface area (Å²) in [6, 6.07) is 10.4. The molecule has 51 heavy (non-hydrogen) atoms. The van der Waals surface area contributed by atoms with Crippen molar-refractivity contribution in [3.63, 3.8) is 0 Å². The summed E-state index contributed by atoms with van der Waals surface area (Å²) >= 11 is 5.87. The lowest BCUT2D eigenvalue weighted by molar-refractivity contribution is 0.590. The lowest BCUT2D eigenvalue weighted by Gasteiger charge is -2.47. The molecule has 2 aromatic rings. The molecule has 292 valence electrons. The largest absolute Gasteiger partial charge is 0.417 e. The van der Waals surface area contributed by atoms with Gasteiger partial charge in [0.25, 0.3) is 0 Å². The highest BCUT2D eigenvalue weighted by Gasteiger charge is 2.51. The number of hydrogen-bond donors (Lipinski definition) is 2. The second-order valence-electron chi connectivity index (χ2n) is 23.8. The van der Waals surface area contributed by atoms with Gasteiger partial charge in [0.1, 0.15) is 0 Å². The molecule has 0 saturated carbocycles. The average Bonchev–Trinajstić information content (AvgIpc) is 2.82. The number of thiol groups is 1. The fraction of sp³-hybridized carbons (Fsp3) is 0.714. The molecule has 0 heterocycles. The van der Waals surface area contributed by atoms with Crippen molar-refractivity contribution in [2.75, 3.05) is 0 Å². The maximum atomic E-state index is 14.1. The van der Waals surface area contributed by atoms with Crippen LogP contribution in [0.15, 0.2) is 24.3 Å². The van der Waals surface area contributed by atoms with Crippen LogP contribution in [-0.2, 0) is 0 Å². The summed E-state index contributed by atoms with van der Waals surface area (Å²) in [6.07, 6.45) is 0. The summed E-state index contributed by atoms with van der Waals surface area (Å²) in [5, 5.41) is 4.19. The zero-order chi connectivity index (χ0) is 40.4. The van der Waals surface area contributed by atoms with E-state index in [0.29, 0.717) is 33.2 Å². The summed E-state index contributed by atoms with van der Waals surface area (Å²) in [6.45, 7) is 61.1. The third-order valence-corrected chi connectivity index (χ3v) is 43.0. The summed E-state index contributed by atoms with van der Waals surface area (Å²) in [7, 11) is -14.0. The van der Waals surface area contributed by atoms with Gasteiger partial charge in [-0.1, -0.05) is 184 Å². The Morgan fingerprint density at radius 2 is 0.608 bits per heavy atom.